The predicted octanol–water partition coefficient (Wildman–Crippen LogP) is 2.90. The number of hydrogen-bond acceptors (Lipinski definition) is 9. The molecule has 200 valence electrons. The van der Waals surface area contributed by atoms with Crippen LogP contribution in [0.15, 0.2) is 59.5 Å². The molecule has 0 radical (unpaired) electrons. The van der Waals surface area contributed by atoms with Gasteiger partial charge in [-0.25, -0.2) is 13.1 Å². The maximum Gasteiger partial charge on any atom is 0.240 e. The van der Waals surface area contributed by atoms with Crippen LogP contribution >= 0.6 is 0 Å². The van der Waals surface area contributed by atoms with Crippen LogP contribution in [0.3, 0.4) is 0 Å². The van der Waals surface area contributed by atoms with Gasteiger partial charge in [-0.3, -0.25) is 4.79 Å². The lowest BCUT2D eigenvalue weighted by atomic mass is 10.2. The van der Waals surface area contributed by atoms with Crippen molar-refractivity contribution in [1.29, 1.82) is 0 Å². The van der Waals surface area contributed by atoms with Crippen molar-refractivity contribution >= 4 is 27.3 Å². The molecule has 0 fully saturated rings. The molecule has 2 N–H and O–H groups in total. The second-order valence-electron chi connectivity index (χ2n) is 8.10. The third-order valence-electron chi connectivity index (χ3n) is 5.46. The topological polar surface area (TPSA) is 146 Å². The predicted molar refractivity (Wildman–Crippen MR) is 140 cm³/mol. The fraction of sp³-hybridized carbons (Fsp3) is 0.280. The number of hydrogen-bond donors (Lipinski definition) is 2. The Morgan fingerprint density at radius 1 is 1.00 bits per heavy atom. The maximum absolute atomic E-state index is 12.6. The molecular weight excluding hydrogens is 512 g/mol. The summed E-state index contributed by atoms with van der Waals surface area (Å²) in [5.74, 6) is 1.76. The molecule has 1 amide bonds. The number of ether oxygens (including phenoxy) is 3. The zero-order valence-corrected chi connectivity index (χ0v) is 22.0. The van der Waals surface area contributed by atoms with Gasteiger partial charge in [-0.15, -0.1) is 15.3 Å². The van der Waals surface area contributed by atoms with Gasteiger partial charge < -0.3 is 19.5 Å². The van der Waals surface area contributed by atoms with Crippen LogP contribution in [0, 0.1) is 0 Å². The van der Waals surface area contributed by atoms with E-state index in [1.54, 1.807) is 56.7 Å². The molecule has 2 aromatic carbocycles. The summed E-state index contributed by atoms with van der Waals surface area (Å²) in [5.41, 5.74) is 1.70. The van der Waals surface area contributed by atoms with Crippen LogP contribution < -0.4 is 24.2 Å². The van der Waals surface area contributed by atoms with E-state index in [9.17, 15) is 13.2 Å². The van der Waals surface area contributed by atoms with Gasteiger partial charge in [0.25, 0.3) is 0 Å². The first-order chi connectivity index (χ1) is 18.3. The highest BCUT2D eigenvalue weighted by molar-refractivity contribution is 7.89. The first-order valence-electron chi connectivity index (χ1n) is 11.8. The van der Waals surface area contributed by atoms with Gasteiger partial charge in [-0.2, -0.15) is 4.52 Å². The number of methoxy groups -OCH3 is 2. The van der Waals surface area contributed by atoms with Crippen LogP contribution in [-0.2, 0) is 14.8 Å². The van der Waals surface area contributed by atoms with E-state index in [1.165, 1.54) is 16.6 Å². The monoisotopic (exact) mass is 540 g/mol. The summed E-state index contributed by atoms with van der Waals surface area (Å²) in [6, 6.07) is 14.6. The third-order valence-corrected chi connectivity index (χ3v) is 6.93. The fourth-order valence-electron chi connectivity index (χ4n) is 3.58. The zero-order chi connectivity index (χ0) is 27.1. The number of sulfonamides is 1. The molecule has 0 bridgehead atoms. The van der Waals surface area contributed by atoms with Crippen molar-refractivity contribution in [3.63, 3.8) is 0 Å². The number of nitrogens with zero attached hydrogens (tertiary/aromatic N) is 4. The molecule has 12 nitrogen and oxygen atoms in total. The number of carbonyl (C=O) groups is 1. The van der Waals surface area contributed by atoms with Crippen molar-refractivity contribution in [3.8, 4) is 28.8 Å². The smallest absolute Gasteiger partial charge is 0.240 e. The van der Waals surface area contributed by atoms with Gasteiger partial charge in [-0.1, -0.05) is 6.92 Å². The van der Waals surface area contributed by atoms with Gasteiger partial charge in [0, 0.05) is 30.8 Å². The van der Waals surface area contributed by atoms with Gasteiger partial charge in [0.1, 0.15) is 18.1 Å². The molecule has 4 rings (SSSR count). The standard InChI is InChI=1S/C25H28N6O6S/c1-4-5-23(32)27-17-6-9-19(10-7-17)38(33,34)26-14-15-37-24-13-12-22-28-29-25(31(22)30-24)20-11-8-18(35-2)16-21(20)36-3/h6-13,16,26H,4-5,14-15H2,1-3H3,(H,27,32). The number of nitrogens with one attached hydrogen (secondary N) is 2. The largest absolute Gasteiger partial charge is 0.497 e. The first-order valence-corrected chi connectivity index (χ1v) is 13.3. The van der Waals surface area contributed by atoms with Crippen LogP contribution in [0.4, 0.5) is 5.69 Å². The minimum absolute atomic E-state index is 0.0123. The molecule has 4 aromatic rings. The van der Waals surface area contributed by atoms with Gasteiger partial charge in [0.05, 0.1) is 24.7 Å². The Kier molecular flexibility index (Phi) is 8.38. The van der Waals surface area contributed by atoms with Gasteiger partial charge >= 0.3 is 0 Å². The van der Waals surface area contributed by atoms with E-state index in [4.69, 9.17) is 14.2 Å². The Hall–Kier alpha value is -4.23. The summed E-state index contributed by atoms with van der Waals surface area (Å²) >= 11 is 0. The van der Waals surface area contributed by atoms with E-state index < -0.39 is 10.0 Å². The van der Waals surface area contributed by atoms with Crippen molar-refractivity contribution in [1.82, 2.24) is 24.5 Å². The lowest BCUT2D eigenvalue weighted by Gasteiger charge is -2.10. The second kappa shape index (κ2) is 11.9. The van der Waals surface area contributed by atoms with Crippen LogP contribution in [0.2, 0.25) is 0 Å². The lowest BCUT2D eigenvalue weighted by Crippen LogP contribution is -2.28. The number of carbonyl (C=O) groups excluding carboxylic acids is 1. The minimum atomic E-state index is -3.76. The Morgan fingerprint density at radius 2 is 1.79 bits per heavy atom. The van der Waals surface area contributed by atoms with Gasteiger partial charge in [0.2, 0.25) is 21.8 Å². The average Bonchev–Trinajstić information content (AvgIpc) is 3.34. The van der Waals surface area contributed by atoms with Crippen molar-refractivity contribution < 1.29 is 27.4 Å². The van der Waals surface area contributed by atoms with Crippen LogP contribution in [-0.4, -0.2) is 61.5 Å². The molecule has 0 atom stereocenters. The van der Waals surface area contributed by atoms with Crippen LogP contribution in [0.5, 0.6) is 17.4 Å². The van der Waals surface area contributed by atoms with E-state index in [0.717, 1.165) is 6.42 Å². The van der Waals surface area contributed by atoms with Crippen molar-refractivity contribution in [2.45, 2.75) is 24.7 Å². The molecule has 0 aliphatic rings. The molecule has 0 saturated heterocycles. The SMILES string of the molecule is CCCC(=O)Nc1ccc(S(=O)(=O)NCCOc2ccc3nnc(-c4ccc(OC)cc4OC)n3n2)cc1. The van der Waals surface area contributed by atoms with Crippen molar-refractivity contribution in [2.75, 3.05) is 32.7 Å². The van der Waals surface area contributed by atoms with E-state index in [1.807, 2.05) is 6.92 Å². The summed E-state index contributed by atoms with van der Waals surface area (Å²) in [6.07, 6.45) is 1.13. The quantitative estimate of drug-likeness (QED) is 0.259. The number of rotatable bonds is 12. The van der Waals surface area contributed by atoms with Crippen molar-refractivity contribution in [3.05, 3.63) is 54.6 Å². The van der Waals surface area contributed by atoms with E-state index in [-0.39, 0.29) is 29.8 Å². The number of fused-ring (bicyclic) bond motifs is 1. The van der Waals surface area contributed by atoms with E-state index >= 15 is 0 Å². The molecular formula is C25H28N6O6S. The molecule has 0 spiro atoms. The fourth-order valence-corrected chi connectivity index (χ4v) is 4.60. The highest BCUT2D eigenvalue weighted by Crippen LogP contribution is 2.32. The lowest BCUT2D eigenvalue weighted by molar-refractivity contribution is -0.116. The molecule has 0 aliphatic carbocycles. The number of amides is 1. The molecule has 13 heteroatoms. The third kappa shape index (κ3) is 6.18. The minimum Gasteiger partial charge on any atom is -0.497 e. The summed E-state index contributed by atoms with van der Waals surface area (Å²) in [6.45, 7) is 1.95. The van der Waals surface area contributed by atoms with Crippen LogP contribution in [0.25, 0.3) is 17.0 Å². The molecule has 0 aliphatic heterocycles. The number of benzene rings is 2. The molecule has 2 aromatic heterocycles. The average molecular weight is 541 g/mol. The summed E-state index contributed by atoms with van der Waals surface area (Å²) < 4.78 is 45.6. The van der Waals surface area contributed by atoms with E-state index in [2.05, 4.69) is 25.3 Å². The zero-order valence-electron chi connectivity index (χ0n) is 21.2. The number of aromatic nitrogens is 4. The van der Waals surface area contributed by atoms with Crippen molar-refractivity contribution in [2.24, 2.45) is 0 Å². The highest BCUT2D eigenvalue weighted by Gasteiger charge is 2.17. The maximum atomic E-state index is 12.6. The first kappa shape index (κ1) is 26.8. The summed E-state index contributed by atoms with van der Waals surface area (Å²) in [4.78, 5) is 11.8. The second-order valence-corrected chi connectivity index (χ2v) is 9.87. The normalized spacial score (nSPS) is 11.3. The summed E-state index contributed by atoms with van der Waals surface area (Å²) in [7, 11) is -0.651. The van der Waals surface area contributed by atoms with Gasteiger partial charge in [-0.05, 0) is 48.9 Å². The highest BCUT2D eigenvalue weighted by atomic mass is 32.2. The Balaban J connectivity index is 1.39. The Bertz CT molecular complexity index is 1520. The molecule has 38 heavy (non-hydrogen) atoms. The number of anilines is 1. The van der Waals surface area contributed by atoms with Crippen LogP contribution in [0.1, 0.15) is 19.8 Å². The summed E-state index contributed by atoms with van der Waals surface area (Å²) in [5, 5.41) is 15.5. The molecule has 2 heterocycles. The van der Waals surface area contributed by atoms with Gasteiger partial charge in [0.15, 0.2) is 11.5 Å². The molecule has 0 unspecified atom stereocenters. The Morgan fingerprint density at radius 3 is 2.50 bits per heavy atom. The molecule has 0 saturated carbocycles. The Labute approximate surface area is 220 Å². The van der Waals surface area contributed by atoms with E-state index in [0.29, 0.717) is 40.6 Å².